The molecule has 0 saturated carbocycles. The topological polar surface area (TPSA) is 24.9 Å². The molecule has 0 amide bonds. The van der Waals surface area contributed by atoms with Crippen LogP contribution in [-0.4, -0.2) is 4.98 Å². The van der Waals surface area contributed by atoms with Crippen LogP contribution in [0, 0.1) is 0 Å². The first-order valence-corrected chi connectivity index (χ1v) is 7.28. The molecule has 5 heteroatoms. The second-order valence-corrected chi connectivity index (χ2v) is 5.93. The lowest BCUT2D eigenvalue weighted by Gasteiger charge is -2.12. The molecule has 2 aromatic rings. The Labute approximate surface area is 118 Å². The summed E-state index contributed by atoms with van der Waals surface area (Å²) in [6, 6.07) is 6.09. The average Bonchev–Trinajstić information content (AvgIpc) is 2.81. The van der Waals surface area contributed by atoms with E-state index in [9.17, 15) is 0 Å². The molecule has 17 heavy (non-hydrogen) atoms. The van der Waals surface area contributed by atoms with E-state index in [0.29, 0.717) is 0 Å². The molecule has 1 unspecified atom stereocenters. The lowest BCUT2D eigenvalue weighted by molar-refractivity contribution is 0.571. The fourth-order valence-corrected chi connectivity index (χ4v) is 2.96. The number of aromatic nitrogens is 1. The highest BCUT2D eigenvalue weighted by molar-refractivity contribution is 9.10. The monoisotopic (exact) mass is 330 g/mol. The maximum absolute atomic E-state index is 5.90. The van der Waals surface area contributed by atoms with Crippen LogP contribution in [0.5, 0.6) is 0 Å². The first-order valence-electron chi connectivity index (χ1n) is 5.23. The lowest BCUT2D eigenvalue weighted by atomic mass is 10.2. The van der Waals surface area contributed by atoms with Crippen LogP contribution in [0.25, 0.3) is 0 Å². The van der Waals surface area contributed by atoms with Gasteiger partial charge in [-0.05, 0) is 24.6 Å². The standard InChI is InChI=1S/C12H12BrClN2S/c1-8(12-15-4-5-17-12)16-7-9-2-3-10(14)6-11(9)13/h2-6,8,16H,7H2,1H3. The zero-order chi connectivity index (χ0) is 12.3. The smallest absolute Gasteiger partial charge is 0.109 e. The number of hydrogen-bond donors (Lipinski definition) is 1. The van der Waals surface area contributed by atoms with Crippen LogP contribution in [0.1, 0.15) is 23.5 Å². The minimum atomic E-state index is 0.262. The molecular weight excluding hydrogens is 320 g/mol. The van der Waals surface area contributed by atoms with Crippen LogP contribution in [0.4, 0.5) is 0 Å². The Hall–Kier alpha value is -0.420. The molecule has 1 aromatic heterocycles. The molecule has 0 aliphatic heterocycles. The Balaban J connectivity index is 1.98. The third-order valence-electron chi connectivity index (χ3n) is 2.44. The number of hydrogen-bond acceptors (Lipinski definition) is 3. The Bertz CT molecular complexity index is 487. The molecule has 0 aliphatic rings. The molecule has 0 aliphatic carbocycles. The summed E-state index contributed by atoms with van der Waals surface area (Å²) in [5.41, 5.74) is 1.19. The van der Waals surface area contributed by atoms with E-state index in [-0.39, 0.29) is 6.04 Å². The van der Waals surface area contributed by atoms with Crippen LogP contribution < -0.4 is 5.32 Å². The Morgan fingerprint density at radius 1 is 1.53 bits per heavy atom. The number of nitrogens with zero attached hydrogens (tertiary/aromatic N) is 1. The van der Waals surface area contributed by atoms with Gasteiger partial charge in [0, 0.05) is 27.6 Å². The van der Waals surface area contributed by atoms with Crippen molar-refractivity contribution < 1.29 is 0 Å². The van der Waals surface area contributed by atoms with Gasteiger partial charge in [0.15, 0.2) is 0 Å². The predicted octanol–water partition coefficient (Wildman–Crippen LogP) is 4.41. The maximum atomic E-state index is 5.90. The Kier molecular flexibility index (Phi) is 4.56. The van der Waals surface area contributed by atoms with Gasteiger partial charge in [-0.1, -0.05) is 33.6 Å². The number of rotatable bonds is 4. The van der Waals surface area contributed by atoms with Gasteiger partial charge in [-0.25, -0.2) is 4.98 Å². The summed E-state index contributed by atoms with van der Waals surface area (Å²) < 4.78 is 1.03. The summed E-state index contributed by atoms with van der Waals surface area (Å²) in [7, 11) is 0. The van der Waals surface area contributed by atoms with E-state index in [1.165, 1.54) is 5.56 Å². The minimum absolute atomic E-state index is 0.262. The molecule has 2 nitrogen and oxygen atoms in total. The van der Waals surface area contributed by atoms with Crippen molar-refractivity contribution in [2.24, 2.45) is 0 Å². The molecule has 0 spiro atoms. The number of benzene rings is 1. The van der Waals surface area contributed by atoms with Crippen LogP contribution in [0.2, 0.25) is 5.02 Å². The molecule has 1 N–H and O–H groups in total. The number of thiazole rings is 1. The first kappa shape index (κ1) is 13.0. The van der Waals surface area contributed by atoms with E-state index < -0.39 is 0 Å². The zero-order valence-corrected chi connectivity index (χ0v) is 12.4. The highest BCUT2D eigenvalue weighted by atomic mass is 79.9. The highest BCUT2D eigenvalue weighted by Crippen LogP contribution is 2.22. The largest absolute Gasteiger partial charge is 0.304 e. The third kappa shape index (κ3) is 3.52. The van der Waals surface area contributed by atoms with Gasteiger partial charge in [-0.15, -0.1) is 11.3 Å². The van der Waals surface area contributed by atoms with Gasteiger partial charge in [0.1, 0.15) is 5.01 Å². The average molecular weight is 332 g/mol. The maximum Gasteiger partial charge on any atom is 0.109 e. The minimum Gasteiger partial charge on any atom is -0.304 e. The summed E-state index contributed by atoms with van der Waals surface area (Å²) in [6.45, 7) is 2.90. The predicted molar refractivity (Wildman–Crippen MR) is 76.5 cm³/mol. The van der Waals surface area contributed by atoms with Crippen molar-refractivity contribution in [1.29, 1.82) is 0 Å². The summed E-state index contributed by atoms with van der Waals surface area (Å²) in [5.74, 6) is 0. The highest BCUT2D eigenvalue weighted by Gasteiger charge is 2.08. The summed E-state index contributed by atoms with van der Waals surface area (Å²) in [6.07, 6.45) is 1.83. The molecular formula is C12H12BrClN2S. The van der Waals surface area contributed by atoms with Crippen LogP contribution in [0.3, 0.4) is 0 Å². The molecule has 90 valence electrons. The quantitative estimate of drug-likeness (QED) is 0.897. The van der Waals surface area contributed by atoms with Gasteiger partial charge >= 0.3 is 0 Å². The fourth-order valence-electron chi connectivity index (χ4n) is 1.46. The second-order valence-electron chi connectivity index (χ2n) is 3.71. The van der Waals surface area contributed by atoms with Crippen molar-refractivity contribution in [3.05, 3.63) is 49.8 Å². The van der Waals surface area contributed by atoms with Crippen LogP contribution >= 0.6 is 38.9 Å². The Morgan fingerprint density at radius 2 is 2.35 bits per heavy atom. The van der Waals surface area contributed by atoms with Crippen molar-refractivity contribution in [2.45, 2.75) is 19.5 Å². The number of halogens is 2. The van der Waals surface area contributed by atoms with E-state index in [1.54, 1.807) is 11.3 Å². The van der Waals surface area contributed by atoms with Gasteiger partial charge in [0.05, 0.1) is 6.04 Å². The van der Waals surface area contributed by atoms with E-state index in [0.717, 1.165) is 21.0 Å². The van der Waals surface area contributed by atoms with E-state index >= 15 is 0 Å². The molecule has 0 radical (unpaired) electrons. The van der Waals surface area contributed by atoms with Gasteiger partial charge in [-0.2, -0.15) is 0 Å². The first-order chi connectivity index (χ1) is 8.16. The van der Waals surface area contributed by atoms with E-state index in [2.05, 4.69) is 33.2 Å². The van der Waals surface area contributed by atoms with Crippen molar-refractivity contribution in [3.63, 3.8) is 0 Å². The Morgan fingerprint density at radius 3 is 3.00 bits per heavy atom. The van der Waals surface area contributed by atoms with Crippen molar-refractivity contribution in [3.8, 4) is 0 Å². The normalized spacial score (nSPS) is 12.6. The molecule has 0 saturated heterocycles. The summed E-state index contributed by atoms with van der Waals surface area (Å²) in [5, 5.41) is 7.28. The van der Waals surface area contributed by atoms with Crippen LogP contribution in [-0.2, 0) is 6.54 Å². The van der Waals surface area contributed by atoms with Crippen molar-refractivity contribution in [1.82, 2.24) is 10.3 Å². The fraction of sp³-hybridized carbons (Fsp3) is 0.250. The second kappa shape index (κ2) is 5.96. The SMILES string of the molecule is CC(NCc1ccc(Cl)cc1Br)c1nccs1. The van der Waals surface area contributed by atoms with Gasteiger partial charge in [-0.3, -0.25) is 0 Å². The lowest BCUT2D eigenvalue weighted by Crippen LogP contribution is -2.18. The molecule has 0 bridgehead atoms. The zero-order valence-electron chi connectivity index (χ0n) is 9.28. The van der Waals surface area contributed by atoms with Crippen molar-refractivity contribution >= 4 is 38.9 Å². The molecule has 1 aromatic carbocycles. The van der Waals surface area contributed by atoms with Gasteiger partial charge < -0.3 is 5.32 Å². The van der Waals surface area contributed by atoms with Crippen molar-refractivity contribution in [2.75, 3.05) is 0 Å². The molecule has 0 fully saturated rings. The molecule has 2 rings (SSSR count). The van der Waals surface area contributed by atoms with Crippen LogP contribution in [0.15, 0.2) is 34.2 Å². The van der Waals surface area contributed by atoms with Gasteiger partial charge in [0.25, 0.3) is 0 Å². The molecule has 1 atom stereocenters. The van der Waals surface area contributed by atoms with Gasteiger partial charge in [0.2, 0.25) is 0 Å². The number of nitrogens with one attached hydrogen (secondary N) is 1. The van der Waals surface area contributed by atoms with E-state index in [4.69, 9.17) is 11.6 Å². The third-order valence-corrected chi connectivity index (χ3v) is 4.37. The van der Waals surface area contributed by atoms with E-state index in [1.807, 2.05) is 29.8 Å². The summed E-state index contributed by atoms with van der Waals surface area (Å²) >= 11 is 11.1. The summed E-state index contributed by atoms with van der Waals surface area (Å²) in [4.78, 5) is 4.29. The molecule has 1 heterocycles.